The number of rotatable bonds is 8. The summed E-state index contributed by atoms with van der Waals surface area (Å²) in [6.07, 6.45) is 0.861. The lowest BCUT2D eigenvalue weighted by Crippen LogP contribution is -2.39. The van der Waals surface area contributed by atoms with E-state index in [2.05, 4.69) is 10.3 Å². The molecule has 0 aliphatic rings. The number of ether oxygens (including phenoxy) is 1. The molecule has 0 bridgehead atoms. The Morgan fingerprint density at radius 1 is 1.03 bits per heavy atom. The highest BCUT2D eigenvalue weighted by atomic mass is 32.2. The van der Waals surface area contributed by atoms with Crippen LogP contribution in [0.5, 0.6) is 11.6 Å². The summed E-state index contributed by atoms with van der Waals surface area (Å²) in [7, 11) is 2.68. The second-order valence-corrected chi connectivity index (χ2v) is 8.60. The zero-order valence-electron chi connectivity index (χ0n) is 20.1. The predicted octanol–water partition coefficient (Wildman–Crippen LogP) is 3.20. The highest BCUT2D eigenvalue weighted by Crippen LogP contribution is 2.24. The highest BCUT2D eigenvalue weighted by molar-refractivity contribution is 8.15. The molecular weight excluding hydrogens is 468 g/mol. The lowest BCUT2D eigenvalue weighted by atomic mass is 10.1. The summed E-state index contributed by atoms with van der Waals surface area (Å²) in [5.74, 6) is -0.218. The van der Waals surface area contributed by atoms with Crippen molar-refractivity contribution in [2.24, 2.45) is 19.1 Å². The quantitative estimate of drug-likeness (QED) is 0.366. The Hall–Kier alpha value is -3.79. The Kier molecular flexibility index (Phi) is 8.53. The van der Waals surface area contributed by atoms with Gasteiger partial charge in [-0.05, 0) is 55.3 Å². The van der Waals surface area contributed by atoms with Crippen molar-refractivity contribution in [3.8, 4) is 11.6 Å². The van der Waals surface area contributed by atoms with Gasteiger partial charge in [0.1, 0.15) is 16.4 Å². The number of aliphatic imine (C=N–C) groups is 1. The molecule has 1 amide bonds. The number of benzene rings is 2. The Morgan fingerprint density at radius 2 is 1.69 bits per heavy atom. The van der Waals surface area contributed by atoms with Crippen molar-refractivity contribution in [2.45, 2.75) is 20.3 Å². The standard InChI is InChI=1S/C25H28N4O5S/c1-5-16-7-9-18(10-8-16)27-22(21-23(31)28(3)25(33)29(4)24(21)32)35-15-20(30)26-17-11-13-19(14-12-17)34-6-2/h7-14,31H,5-6,15H2,1-4H3,(H,26,30). The molecule has 35 heavy (non-hydrogen) atoms. The van der Waals surface area contributed by atoms with Crippen molar-refractivity contribution >= 4 is 34.1 Å². The van der Waals surface area contributed by atoms with Gasteiger partial charge in [-0.15, -0.1) is 0 Å². The van der Waals surface area contributed by atoms with E-state index in [1.807, 2.05) is 26.0 Å². The summed E-state index contributed by atoms with van der Waals surface area (Å²) in [5, 5.41) is 13.5. The van der Waals surface area contributed by atoms with Gasteiger partial charge in [-0.1, -0.05) is 30.8 Å². The van der Waals surface area contributed by atoms with Crippen LogP contribution in [0.2, 0.25) is 0 Å². The minimum absolute atomic E-state index is 0.0788. The van der Waals surface area contributed by atoms with Crippen LogP contribution in [0.3, 0.4) is 0 Å². The third kappa shape index (κ3) is 6.21. The molecule has 1 aromatic heterocycles. The molecule has 0 aliphatic carbocycles. The third-order valence-electron chi connectivity index (χ3n) is 5.21. The molecule has 0 fully saturated rings. The van der Waals surface area contributed by atoms with E-state index >= 15 is 0 Å². The van der Waals surface area contributed by atoms with Crippen molar-refractivity contribution in [3.63, 3.8) is 0 Å². The maximum absolute atomic E-state index is 12.9. The van der Waals surface area contributed by atoms with Crippen LogP contribution < -0.4 is 21.3 Å². The Labute approximate surface area is 207 Å². The minimum atomic E-state index is -0.700. The molecule has 0 radical (unpaired) electrons. The molecule has 0 unspecified atom stereocenters. The van der Waals surface area contributed by atoms with Crippen LogP contribution in [0.1, 0.15) is 25.0 Å². The number of aryl methyl sites for hydroxylation is 1. The number of hydrogen-bond donors (Lipinski definition) is 2. The SMILES string of the molecule is CCOc1ccc(NC(=O)CSC(=Nc2ccc(CC)cc2)c2c(O)n(C)c(=O)n(C)c2=O)cc1. The van der Waals surface area contributed by atoms with E-state index in [0.29, 0.717) is 23.7 Å². The molecule has 184 valence electrons. The molecule has 0 saturated heterocycles. The van der Waals surface area contributed by atoms with Crippen molar-refractivity contribution in [1.82, 2.24) is 9.13 Å². The van der Waals surface area contributed by atoms with Gasteiger partial charge in [-0.2, -0.15) is 0 Å². The number of aromatic nitrogens is 2. The van der Waals surface area contributed by atoms with Gasteiger partial charge in [0.2, 0.25) is 11.8 Å². The smallest absolute Gasteiger partial charge is 0.333 e. The molecule has 0 spiro atoms. The van der Waals surface area contributed by atoms with Crippen molar-refractivity contribution in [1.29, 1.82) is 0 Å². The first-order chi connectivity index (χ1) is 16.7. The molecule has 1 heterocycles. The molecular formula is C25H28N4O5S. The fraction of sp³-hybridized carbons (Fsp3) is 0.280. The second-order valence-electron chi connectivity index (χ2n) is 7.64. The molecule has 2 aromatic carbocycles. The fourth-order valence-electron chi connectivity index (χ4n) is 3.24. The first-order valence-electron chi connectivity index (χ1n) is 11.1. The van der Waals surface area contributed by atoms with Crippen molar-refractivity contribution in [3.05, 3.63) is 80.5 Å². The predicted molar refractivity (Wildman–Crippen MR) is 139 cm³/mol. The molecule has 10 heteroatoms. The summed E-state index contributed by atoms with van der Waals surface area (Å²) in [6, 6.07) is 14.4. The maximum atomic E-state index is 12.9. The van der Waals surface area contributed by atoms with Crippen LogP contribution in [0.15, 0.2) is 63.1 Å². The Bertz CT molecular complexity index is 1340. The van der Waals surface area contributed by atoms with E-state index in [0.717, 1.165) is 32.9 Å². The number of nitrogens with zero attached hydrogens (tertiary/aromatic N) is 3. The van der Waals surface area contributed by atoms with Crippen LogP contribution in [-0.2, 0) is 25.3 Å². The number of nitrogens with one attached hydrogen (secondary N) is 1. The van der Waals surface area contributed by atoms with Gasteiger partial charge in [-0.25, -0.2) is 9.79 Å². The lowest BCUT2D eigenvalue weighted by Gasteiger charge is -2.13. The molecule has 9 nitrogen and oxygen atoms in total. The third-order valence-corrected chi connectivity index (χ3v) is 6.19. The number of aromatic hydroxyl groups is 1. The summed E-state index contributed by atoms with van der Waals surface area (Å²) < 4.78 is 7.26. The normalized spacial score (nSPS) is 11.4. The first-order valence-corrected chi connectivity index (χ1v) is 12.1. The molecule has 0 aliphatic heterocycles. The van der Waals surface area contributed by atoms with Crippen molar-refractivity contribution in [2.75, 3.05) is 17.7 Å². The summed E-state index contributed by atoms with van der Waals surface area (Å²) in [6.45, 7) is 4.47. The van der Waals surface area contributed by atoms with Crippen LogP contribution in [0.4, 0.5) is 11.4 Å². The zero-order valence-corrected chi connectivity index (χ0v) is 20.9. The average Bonchev–Trinajstić information content (AvgIpc) is 2.86. The van der Waals surface area contributed by atoms with Crippen LogP contribution in [0.25, 0.3) is 0 Å². The Balaban J connectivity index is 1.91. The molecule has 0 saturated carbocycles. The van der Waals surface area contributed by atoms with Gasteiger partial charge in [0, 0.05) is 19.8 Å². The topological polar surface area (TPSA) is 115 Å². The highest BCUT2D eigenvalue weighted by Gasteiger charge is 2.22. The van der Waals surface area contributed by atoms with E-state index in [1.54, 1.807) is 36.4 Å². The fourth-order valence-corrected chi connectivity index (χ4v) is 4.07. The van der Waals surface area contributed by atoms with Crippen LogP contribution in [-0.4, -0.2) is 37.6 Å². The van der Waals surface area contributed by atoms with Crippen LogP contribution in [0, 0.1) is 0 Å². The van der Waals surface area contributed by atoms with E-state index in [9.17, 15) is 19.5 Å². The first kappa shape index (κ1) is 25.8. The number of hydrogen-bond acceptors (Lipinski definition) is 7. The molecule has 3 aromatic rings. The Morgan fingerprint density at radius 3 is 2.29 bits per heavy atom. The van der Waals surface area contributed by atoms with Gasteiger partial charge in [0.25, 0.3) is 5.56 Å². The van der Waals surface area contributed by atoms with E-state index in [1.165, 1.54) is 14.1 Å². The number of amides is 1. The average molecular weight is 497 g/mol. The summed E-state index contributed by atoms with van der Waals surface area (Å²) in [4.78, 5) is 42.3. The van der Waals surface area contributed by atoms with Crippen molar-refractivity contribution < 1.29 is 14.6 Å². The van der Waals surface area contributed by atoms with Crippen LogP contribution >= 0.6 is 11.8 Å². The van der Waals surface area contributed by atoms with Gasteiger partial charge in [-0.3, -0.25) is 18.7 Å². The van der Waals surface area contributed by atoms with Gasteiger partial charge < -0.3 is 15.2 Å². The van der Waals surface area contributed by atoms with E-state index < -0.39 is 17.1 Å². The monoisotopic (exact) mass is 496 g/mol. The summed E-state index contributed by atoms with van der Waals surface area (Å²) in [5.41, 5.74) is 0.748. The maximum Gasteiger partial charge on any atom is 0.333 e. The summed E-state index contributed by atoms with van der Waals surface area (Å²) >= 11 is 0.994. The number of carbonyl (C=O) groups is 1. The van der Waals surface area contributed by atoms with Gasteiger partial charge in [0.05, 0.1) is 18.0 Å². The van der Waals surface area contributed by atoms with E-state index in [-0.39, 0.29) is 22.3 Å². The molecule has 3 rings (SSSR count). The number of thioether (sulfide) groups is 1. The zero-order chi connectivity index (χ0) is 25.5. The molecule has 2 N–H and O–H groups in total. The van der Waals surface area contributed by atoms with Gasteiger partial charge in [0.15, 0.2) is 0 Å². The van der Waals surface area contributed by atoms with E-state index in [4.69, 9.17) is 4.74 Å². The lowest BCUT2D eigenvalue weighted by molar-refractivity contribution is -0.113. The second kappa shape index (κ2) is 11.6. The number of anilines is 1. The molecule has 0 atom stereocenters. The number of carbonyl (C=O) groups excluding carboxylic acids is 1. The minimum Gasteiger partial charge on any atom is -0.494 e. The van der Waals surface area contributed by atoms with Gasteiger partial charge >= 0.3 is 5.69 Å². The largest absolute Gasteiger partial charge is 0.494 e.